The quantitative estimate of drug-likeness (QED) is 0.440. The van der Waals surface area contributed by atoms with Crippen molar-refractivity contribution in [3.05, 3.63) is 64.5 Å². The van der Waals surface area contributed by atoms with Crippen LogP contribution in [0.3, 0.4) is 0 Å². The van der Waals surface area contributed by atoms with Crippen molar-refractivity contribution >= 4 is 0 Å². The number of nitrogens with zero attached hydrogens (tertiary/aromatic N) is 1. The average Bonchev–Trinajstić information content (AvgIpc) is 2.63. The maximum Gasteiger partial charge on any atom is 0.251 e. The Morgan fingerprint density at radius 1 is 0.846 bits per heavy atom. The van der Waals surface area contributed by atoms with E-state index in [-0.39, 0.29) is 23.2 Å². The zero-order valence-corrected chi connectivity index (χ0v) is 14.9. The Morgan fingerprint density at radius 3 is 2.12 bits per heavy atom. The van der Waals surface area contributed by atoms with Gasteiger partial charge in [-0.3, -0.25) is 0 Å². The van der Waals surface area contributed by atoms with Gasteiger partial charge in [0.25, 0.3) is 5.95 Å². The molecule has 0 spiro atoms. The van der Waals surface area contributed by atoms with Crippen molar-refractivity contribution in [1.82, 2.24) is 4.98 Å². The van der Waals surface area contributed by atoms with Gasteiger partial charge in [0.2, 0.25) is 5.95 Å². The number of rotatable bonds is 5. The summed E-state index contributed by atoms with van der Waals surface area (Å²) < 4.78 is 54.7. The molecule has 0 saturated heterocycles. The van der Waals surface area contributed by atoms with Gasteiger partial charge in [-0.1, -0.05) is 25.5 Å². The van der Waals surface area contributed by atoms with E-state index in [4.69, 9.17) is 0 Å². The smallest absolute Gasteiger partial charge is 0.207 e. The van der Waals surface area contributed by atoms with E-state index < -0.39 is 17.7 Å². The van der Waals surface area contributed by atoms with Gasteiger partial charge in [-0.2, -0.15) is 13.8 Å². The molecule has 140 valence electrons. The third-order valence-electron chi connectivity index (χ3n) is 5.40. The number of hydrogen-bond donors (Lipinski definition) is 0. The Balaban J connectivity index is 1.68. The van der Waals surface area contributed by atoms with Gasteiger partial charge in [-0.25, -0.2) is 8.78 Å². The number of halogens is 4. The third kappa shape index (κ3) is 4.08. The summed E-state index contributed by atoms with van der Waals surface area (Å²) >= 11 is 0. The second kappa shape index (κ2) is 8.19. The summed E-state index contributed by atoms with van der Waals surface area (Å²) in [4.78, 5) is 3.01. The molecule has 2 aromatic rings. The largest absolute Gasteiger partial charge is 0.251 e. The first-order valence-corrected chi connectivity index (χ1v) is 9.29. The van der Waals surface area contributed by atoms with Crippen LogP contribution in [0.5, 0.6) is 0 Å². The minimum Gasteiger partial charge on any atom is -0.207 e. The highest BCUT2D eigenvalue weighted by Gasteiger charge is 2.28. The fraction of sp³-hybridized carbons (Fsp3) is 0.476. The summed E-state index contributed by atoms with van der Waals surface area (Å²) in [7, 11) is 0. The average molecular weight is 365 g/mol. The SMILES string of the molecule is CCCCc1ccc([C@H]2CC[C@H](c3cc(F)c(F)nc3F)CC2)c(F)c1. The number of aryl methyl sites for hydroxylation is 1. The van der Waals surface area contributed by atoms with E-state index >= 15 is 0 Å². The first-order chi connectivity index (χ1) is 12.5. The van der Waals surface area contributed by atoms with Gasteiger partial charge in [-0.15, -0.1) is 0 Å². The van der Waals surface area contributed by atoms with Crippen molar-refractivity contribution in [3.63, 3.8) is 0 Å². The molecule has 1 aromatic heterocycles. The maximum absolute atomic E-state index is 14.5. The number of benzene rings is 1. The summed E-state index contributed by atoms with van der Waals surface area (Å²) in [5.74, 6) is -3.79. The summed E-state index contributed by atoms with van der Waals surface area (Å²) in [5.41, 5.74) is 1.84. The molecule has 0 bridgehead atoms. The van der Waals surface area contributed by atoms with Crippen LogP contribution in [-0.4, -0.2) is 4.98 Å². The van der Waals surface area contributed by atoms with Crippen molar-refractivity contribution < 1.29 is 17.6 Å². The molecule has 1 aliphatic carbocycles. The van der Waals surface area contributed by atoms with Gasteiger partial charge in [-0.05, 0) is 73.6 Å². The van der Waals surface area contributed by atoms with Crippen LogP contribution in [0.2, 0.25) is 0 Å². The zero-order valence-electron chi connectivity index (χ0n) is 14.9. The molecular weight excluding hydrogens is 342 g/mol. The molecule has 1 nitrogen and oxygen atoms in total. The van der Waals surface area contributed by atoms with Crippen LogP contribution in [0, 0.1) is 23.5 Å². The molecule has 1 heterocycles. The van der Waals surface area contributed by atoms with Crippen LogP contribution in [0.1, 0.15) is 74.0 Å². The van der Waals surface area contributed by atoms with Crippen molar-refractivity contribution in [1.29, 1.82) is 0 Å². The van der Waals surface area contributed by atoms with Gasteiger partial charge in [0, 0.05) is 5.56 Å². The number of hydrogen-bond acceptors (Lipinski definition) is 1. The predicted molar refractivity (Wildman–Crippen MR) is 93.1 cm³/mol. The molecule has 0 unspecified atom stereocenters. The topological polar surface area (TPSA) is 12.9 Å². The van der Waals surface area contributed by atoms with Gasteiger partial charge in [0.15, 0.2) is 5.82 Å². The van der Waals surface area contributed by atoms with Crippen LogP contribution in [0.4, 0.5) is 17.6 Å². The monoisotopic (exact) mass is 365 g/mol. The van der Waals surface area contributed by atoms with E-state index in [0.29, 0.717) is 31.2 Å². The highest BCUT2D eigenvalue weighted by Crippen LogP contribution is 2.41. The molecule has 26 heavy (non-hydrogen) atoms. The highest BCUT2D eigenvalue weighted by atomic mass is 19.2. The molecule has 1 saturated carbocycles. The van der Waals surface area contributed by atoms with Crippen LogP contribution in [-0.2, 0) is 6.42 Å². The van der Waals surface area contributed by atoms with E-state index in [2.05, 4.69) is 11.9 Å². The van der Waals surface area contributed by atoms with Crippen molar-refractivity contribution in [2.75, 3.05) is 0 Å². The highest BCUT2D eigenvalue weighted by molar-refractivity contribution is 5.29. The Bertz CT molecular complexity index is 767. The molecule has 0 atom stereocenters. The normalized spacial score (nSPS) is 20.3. The fourth-order valence-electron chi connectivity index (χ4n) is 3.90. The lowest BCUT2D eigenvalue weighted by Gasteiger charge is -2.29. The lowest BCUT2D eigenvalue weighted by atomic mass is 9.76. The molecule has 0 radical (unpaired) electrons. The number of pyridine rings is 1. The van der Waals surface area contributed by atoms with Gasteiger partial charge >= 0.3 is 0 Å². The molecule has 0 N–H and O–H groups in total. The first kappa shape index (κ1) is 18.9. The van der Waals surface area contributed by atoms with Gasteiger partial charge in [0.05, 0.1) is 0 Å². The van der Waals surface area contributed by atoms with Gasteiger partial charge < -0.3 is 0 Å². The minimum absolute atomic E-state index is 0.0767. The van der Waals surface area contributed by atoms with E-state index in [1.54, 1.807) is 6.07 Å². The summed E-state index contributed by atoms with van der Waals surface area (Å²) in [6.07, 6.45) is 5.57. The lowest BCUT2D eigenvalue weighted by Crippen LogP contribution is -2.15. The molecular formula is C21H23F4N. The summed E-state index contributed by atoms with van der Waals surface area (Å²) in [6.45, 7) is 2.11. The van der Waals surface area contributed by atoms with Crippen LogP contribution in [0.25, 0.3) is 0 Å². The van der Waals surface area contributed by atoms with Crippen molar-refractivity contribution in [3.8, 4) is 0 Å². The molecule has 0 aliphatic heterocycles. The van der Waals surface area contributed by atoms with E-state index in [9.17, 15) is 17.6 Å². The molecule has 5 heteroatoms. The summed E-state index contributed by atoms with van der Waals surface area (Å²) in [6, 6.07) is 6.38. The number of unbranched alkanes of at least 4 members (excludes halogenated alkanes) is 1. The predicted octanol–water partition coefficient (Wildman–Crippen LogP) is 6.42. The molecule has 3 rings (SSSR count). The molecule has 1 aromatic carbocycles. The molecule has 1 fully saturated rings. The summed E-state index contributed by atoms with van der Waals surface area (Å²) in [5, 5.41) is 0. The second-order valence-corrected chi connectivity index (χ2v) is 7.15. The van der Waals surface area contributed by atoms with Crippen LogP contribution < -0.4 is 0 Å². The van der Waals surface area contributed by atoms with Crippen molar-refractivity contribution in [2.45, 2.75) is 63.7 Å². The van der Waals surface area contributed by atoms with Gasteiger partial charge in [0.1, 0.15) is 5.82 Å². The fourth-order valence-corrected chi connectivity index (χ4v) is 3.90. The van der Waals surface area contributed by atoms with E-state index in [1.165, 1.54) is 0 Å². The Labute approximate surface area is 151 Å². The maximum atomic E-state index is 14.5. The Kier molecular flexibility index (Phi) is 5.94. The van der Waals surface area contributed by atoms with E-state index in [1.807, 2.05) is 12.1 Å². The minimum atomic E-state index is -1.41. The van der Waals surface area contributed by atoms with Crippen LogP contribution >= 0.6 is 0 Å². The molecule has 0 amide bonds. The standard InChI is InChI=1S/C21H23F4N/c1-2-3-4-13-5-10-16(18(22)11-13)14-6-8-15(9-7-14)17-12-19(23)21(25)26-20(17)24/h5,10-12,14-15H,2-4,6-9H2,1H3/t14-,15-. The van der Waals surface area contributed by atoms with Crippen molar-refractivity contribution in [2.24, 2.45) is 0 Å². The Morgan fingerprint density at radius 2 is 1.50 bits per heavy atom. The zero-order chi connectivity index (χ0) is 18.7. The Hall–Kier alpha value is -1.91. The first-order valence-electron chi connectivity index (χ1n) is 9.29. The number of aromatic nitrogens is 1. The van der Waals surface area contributed by atoms with E-state index in [0.717, 1.165) is 30.9 Å². The second-order valence-electron chi connectivity index (χ2n) is 7.15. The van der Waals surface area contributed by atoms with Crippen LogP contribution in [0.15, 0.2) is 24.3 Å². The molecule has 1 aliphatic rings. The lowest BCUT2D eigenvalue weighted by molar-refractivity contribution is 0.368. The third-order valence-corrected chi connectivity index (χ3v) is 5.40.